The molecule has 2 aromatic rings. The van der Waals surface area contributed by atoms with Crippen molar-refractivity contribution < 1.29 is 0 Å². The zero-order chi connectivity index (χ0) is 18.9. The zero-order valence-corrected chi connectivity index (χ0v) is 17.6. The van der Waals surface area contributed by atoms with E-state index in [0.29, 0.717) is 0 Å². The van der Waals surface area contributed by atoms with Crippen LogP contribution in [0.3, 0.4) is 0 Å². The van der Waals surface area contributed by atoms with Crippen LogP contribution in [0.15, 0.2) is 48.5 Å². The van der Waals surface area contributed by atoms with E-state index in [0.717, 1.165) is 11.8 Å². The summed E-state index contributed by atoms with van der Waals surface area (Å²) in [5, 5.41) is 0. The molecule has 1 fully saturated rings. The Hall–Kier alpha value is -1.56. The molecule has 0 radical (unpaired) electrons. The van der Waals surface area contributed by atoms with Gasteiger partial charge in [-0.25, -0.2) is 0 Å². The lowest BCUT2D eigenvalue weighted by atomic mass is 9.77. The highest BCUT2D eigenvalue weighted by Crippen LogP contribution is 2.38. The quantitative estimate of drug-likeness (QED) is 0.392. The zero-order valence-electron chi connectivity index (χ0n) is 17.6. The summed E-state index contributed by atoms with van der Waals surface area (Å²) in [5.41, 5.74) is 5.74. The molecule has 0 N–H and O–H groups in total. The third-order valence-electron chi connectivity index (χ3n) is 6.55. The SMILES string of the molecule is CCCCCc1ccc(-c2ccc(C3CCC(CCCC)CC3)cc2)cc1. The predicted molar refractivity (Wildman–Crippen MR) is 119 cm³/mol. The molecule has 3 rings (SSSR count). The van der Waals surface area contributed by atoms with Crippen molar-refractivity contribution in [1.82, 2.24) is 0 Å². The van der Waals surface area contributed by atoms with Crippen LogP contribution in [0.2, 0.25) is 0 Å². The van der Waals surface area contributed by atoms with Gasteiger partial charge in [0, 0.05) is 0 Å². The van der Waals surface area contributed by atoms with Gasteiger partial charge in [-0.15, -0.1) is 0 Å². The predicted octanol–water partition coefficient (Wildman–Crippen LogP) is 8.55. The number of hydrogen-bond donors (Lipinski definition) is 0. The van der Waals surface area contributed by atoms with Crippen LogP contribution < -0.4 is 0 Å². The van der Waals surface area contributed by atoms with Gasteiger partial charge in [0.15, 0.2) is 0 Å². The van der Waals surface area contributed by atoms with Crippen molar-refractivity contribution in [3.63, 3.8) is 0 Å². The van der Waals surface area contributed by atoms with Gasteiger partial charge in [-0.2, -0.15) is 0 Å². The Labute approximate surface area is 167 Å². The molecule has 0 aromatic heterocycles. The molecule has 1 aliphatic carbocycles. The Morgan fingerprint density at radius 2 is 1.26 bits per heavy atom. The van der Waals surface area contributed by atoms with Crippen molar-refractivity contribution >= 4 is 0 Å². The van der Waals surface area contributed by atoms with Gasteiger partial charge in [0.25, 0.3) is 0 Å². The lowest BCUT2D eigenvalue weighted by Gasteiger charge is -2.29. The van der Waals surface area contributed by atoms with Gasteiger partial charge in [-0.3, -0.25) is 0 Å². The Morgan fingerprint density at radius 3 is 1.85 bits per heavy atom. The average Bonchev–Trinajstić information content (AvgIpc) is 2.73. The summed E-state index contributed by atoms with van der Waals surface area (Å²) in [4.78, 5) is 0. The van der Waals surface area contributed by atoms with E-state index >= 15 is 0 Å². The van der Waals surface area contributed by atoms with Crippen LogP contribution in [0.4, 0.5) is 0 Å². The number of aryl methyl sites for hydroxylation is 1. The third-order valence-corrected chi connectivity index (χ3v) is 6.55. The van der Waals surface area contributed by atoms with Gasteiger partial charge in [-0.1, -0.05) is 94.5 Å². The highest BCUT2D eigenvalue weighted by molar-refractivity contribution is 5.64. The summed E-state index contributed by atoms with van der Waals surface area (Å²) < 4.78 is 0. The van der Waals surface area contributed by atoms with Crippen LogP contribution in [0, 0.1) is 5.92 Å². The Balaban J connectivity index is 1.54. The Morgan fingerprint density at radius 1 is 0.667 bits per heavy atom. The molecule has 0 saturated heterocycles. The largest absolute Gasteiger partial charge is 0.0654 e. The minimum atomic E-state index is 0.790. The molecule has 0 aliphatic heterocycles. The van der Waals surface area contributed by atoms with E-state index in [1.165, 1.54) is 87.3 Å². The molecule has 0 heteroatoms. The van der Waals surface area contributed by atoms with E-state index in [4.69, 9.17) is 0 Å². The van der Waals surface area contributed by atoms with Gasteiger partial charge in [0.2, 0.25) is 0 Å². The molecule has 1 aliphatic rings. The first-order chi connectivity index (χ1) is 13.3. The van der Waals surface area contributed by atoms with Crippen molar-refractivity contribution in [2.24, 2.45) is 5.92 Å². The fraction of sp³-hybridized carbons (Fsp3) is 0.556. The van der Waals surface area contributed by atoms with Crippen LogP contribution in [0.5, 0.6) is 0 Å². The van der Waals surface area contributed by atoms with Gasteiger partial charge in [0.1, 0.15) is 0 Å². The monoisotopic (exact) mass is 362 g/mol. The minimum absolute atomic E-state index is 0.790. The van der Waals surface area contributed by atoms with Gasteiger partial charge in [-0.05, 0) is 72.6 Å². The molecule has 0 atom stereocenters. The summed E-state index contributed by atoms with van der Waals surface area (Å²) in [6.45, 7) is 4.58. The van der Waals surface area contributed by atoms with Crippen LogP contribution in [0.1, 0.15) is 95.1 Å². The smallest absolute Gasteiger partial charge is 0.0162 e. The first-order valence-corrected chi connectivity index (χ1v) is 11.5. The number of unbranched alkanes of at least 4 members (excludes halogenated alkanes) is 3. The minimum Gasteiger partial charge on any atom is -0.0654 e. The van der Waals surface area contributed by atoms with Gasteiger partial charge in [0.05, 0.1) is 0 Å². The molecule has 2 aromatic carbocycles. The lowest BCUT2D eigenvalue weighted by molar-refractivity contribution is 0.304. The molecular weight excluding hydrogens is 324 g/mol. The summed E-state index contributed by atoms with van der Waals surface area (Å²) in [5.74, 6) is 1.79. The van der Waals surface area contributed by atoms with Crippen LogP contribution in [0.25, 0.3) is 11.1 Å². The Kier molecular flexibility index (Phi) is 7.99. The van der Waals surface area contributed by atoms with E-state index in [1.54, 1.807) is 5.56 Å². The highest BCUT2D eigenvalue weighted by Gasteiger charge is 2.21. The Bertz CT molecular complexity index is 641. The molecule has 146 valence electrons. The van der Waals surface area contributed by atoms with Crippen LogP contribution in [-0.2, 0) is 6.42 Å². The summed E-state index contributed by atoms with van der Waals surface area (Å²) in [6, 6.07) is 18.7. The van der Waals surface area contributed by atoms with Crippen molar-refractivity contribution in [1.29, 1.82) is 0 Å². The first-order valence-electron chi connectivity index (χ1n) is 11.5. The first kappa shape index (κ1) is 20.2. The molecule has 0 bridgehead atoms. The number of hydrogen-bond acceptors (Lipinski definition) is 0. The van der Waals surface area contributed by atoms with E-state index < -0.39 is 0 Å². The maximum atomic E-state index is 2.39. The van der Waals surface area contributed by atoms with E-state index in [2.05, 4.69) is 62.4 Å². The fourth-order valence-electron chi connectivity index (χ4n) is 4.67. The molecular formula is C27H38. The second kappa shape index (κ2) is 10.7. The normalized spacial score (nSPS) is 19.9. The van der Waals surface area contributed by atoms with Gasteiger partial charge < -0.3 is 0 Å². The summed E-state index contributed by atoms with van der Waals surface area (Å²) >= 11 is 0. The maximum absolute atomic E-state index is 2.39. The second-order valence-corrected chi connectivity index (χ2v) is 8.64. The number of benzene rings is 2. The average molecular weight is 363 g/mol. The van der Waals surface area contributed by atoms with Crippen molar-refractivity contribution in [3.05, 3.63) is 59.7 Å². The number of rotatable bonds is 9. The molecule has 0 unspecified atom stereocenters. The van der Waals surface area contributed by atoms with Crippen molar-refractivity contribution in [3.8, 4) is 11.1 Å². The summed E-state index contributed by atoms with van der Waals surface area (Å²) in [6.07, 6.45) is 15.0. The third kappa shape index (κ3) is 5.96. The second-order valence-electron chi connectivity index (χ2n) is 8.64. The van der Waals surface area contributed by atoms with E-state index in [9.17, 15) is 0 Å². The molecule has 0 amide bonds. The summed E-state index contributed by atoms with van der Waals surface area (Å²) in [7, 11) is 0. The van der Waals surface area contributed by atoms with Crippen LogP contribution in [-0.4, -0.2) is 0 Å². The standard InChI is InChI=1S/C27H38/c1-3-5-7-9-23-12-16-25(17-13-23)27-20-18-26(19-21-27)24-14-10-22(11-15-24)8-6-4-2/h12-13,16-22,24H,3-11,14-15H2,1-2H3. The van der Waals surface area contributed by atoms with Crippen molar-refractivity contribution in [2.45, 2.75) is 90.4 Å². The van der Waals surface area contributed by atoms with Gasteiger partial charge >= 0.3 is 0 Å². The molecule has 0 spiro atoms. The molecule has 1 saturated carbocycles. The molecule has 27 heavy (non-hydrogen) atoms. The lowest BCUT2D eigenvalue weighted by Crippen LogP contribution is -2.13. The maximum Gasteiger partial charge on any atom is -0.0162 e. The van der Waals surface area contributed by atoms with Crippen molar-refractivity contribution in [2.75, 3.05) is 0 Å². The highest BCUT2D eigenvalue weighted by atomic mass is 14.3. The fourth-order valence-corrected chi connectivity index (χ4v) is 4.67. The van der Waals surface area contributed by atoms with Crippen LogP contribution >= 0.6 is 0 Å². The van der Waals surface area contributed by atoms with E-state index in [-0.39, 0.29) is 0 Å². The molecule has 0 nitrogen and oxygen atoms in total. The van der Waals surface area contributed by atoms with E-state index in [1.807, 2.05) is 0 Å². The topological polar surface area (TPSA) is 0 Å². The molecule has 0 heterocycles.